The van der Waals surface area contributed by atoms with Gasteiger partial charge in [0.2, 0.25) is 11.8 Å². The van der Waals surface area contributed by atoms with Crippen LogP contribution in [0.3, 0.4) is 0 Å². The summed E-state index contributed by atoms with van der Waals surface area (Å²) in [4.78, 5) is 27.3. The van der Waals surface area contributed by atoms with E-state index >= 15 is 0 Å². The molecular weight excluding hydrogens is 308 g/mol. The Morgan fingerprint density at radius 2 is 1.83 bits per heavy atom. The Hall–Kier alpha value is -1.49. The van der Waals surface area contributed by atoms with E-state index in [0.29, 0.717) is 5.75 Å². The van der Waals surface area contributed by atoms with Crippen LogP contribution in [0.5, 0.6) is 0 Å². The third kappa shape index (κ3) is 4.28. The van der Waals surface area contributed by atoms with Crippen molar-refractivity contribution in [3.8, 4) is 0 Å². The van der Waals surface area contributed by atoms with E-state index in [9.17, 15) is 9.59 Å². The number of rotatable bonds is 3. The van der Waals surface area contributed by atoms with Crippen molar-refractivity contribution in [3.63, 3.8) is 0 Å². The molecule has 0 aromatic heterocycles. The van der Waals surface area contributed by atoms with Crippen LogP contribution < -0.4 is 10.2 Å². The Labute approximate surface area is 142 Å². The Bertz CT molecular complexity index is 568. The highest BCUT2D eigenvalue weighted by Gasteiger charge is 2.26. The number of carbonyl (C=O) groups excluding carboxylic acids is 2. The number of thioether (sulfide) groups is 1. The zero-order valence-corrected chi connectivity index (χ0v) is 14.2. The standard InChI is InChI=1S/C18H24N2O2S/c21-17(19-14-8-4-2-1-3-5-9-14)12-20-15-10-6-7-11-16(15)23-13-18(20)22/h6-7,10-11,14H,1-5,8-9,12-13H2,(H,19,21). The number of anilines is 1. The van der Waals surface area contributed by atoms with E-state index in [1.807, 2.05) is 24.3 Å². The summed E-state index contributed by atoms with van der Waals surface area (Å²) in [7, 11) is 0. The predicted molar refractivity (Wildman–Crippen MR) is 93.8 cm³/mol. The number of fused-ring (bicyclic) bond motifs is 1. The molecule has 1 fully saturated rings. The molecule has 124 valence electrons. The molecule has 23 heavy (non-hydrogen) atoms. The smallest absolute Gasteiger partial charge is 0.240 e. The van der Waals surface area contributed by atoms with Gasteiger partial charge in [0, 0.05) is 10.9 Å². The number of para-hydroxylation sites is 1. The van der Waals surface area contributed by atoms with Crippen LogP contribution in [0, 0.1) is 0 Å². The second kappa shape index (κ2) is 7.86. The van der Waals surface area contributed by atoms with Crippen molar-refractivity contribution in [1.29, 1.82) is 0 Å². The molecule has 1 aromatic carbocycles. The fraction of sp³-hybridized carbons (Fsp3) is 0.556. The predicted octanol–water partition coefficient (Wildman–Crippen LogP) is 3.35. The van der Waals surface area contributed by atoms with Gasteiger partial charge >= 0.3 is 0 Å². The Kier molecular flexibility index (Phi) is 5.60. The van der Waals surface area contributed by atoms with Gasteiger partial charge in [0.05, 0.1) is 11.4 Å². The van der Waals surface area contributed by atoms with Crippen molar-refractivity contribution < 1.29 is 9.59 Å². The molecule has 1 heterocycles. The molecule has 0 radical (unpaired) electrons. The number of benzene rings is 1. The largest absolute Gasteiger partial charge is 0.352 e. The maximum Gasteiger partial charge on any atom is 0.240 e. The lowest BCUT2D eigenvalue weighted by Gasteiger charge is -2.29. The van der Waals surface area contributed by atoms with Crippen LogP contribution in [-0.4, -0.2) is 30.2 Å². The number of hydrogen-bond acceptors (Lipinski definition) is 3. The Morgan fingerprint density at radius 3 is 2.61 bits per heavy atom. The van der Waals surface area contributed by atoms with Crippen molar-refractivity contribution in [2.45, 2.75) is 55.9 Å². The van der Waals surface area contributed by atoms with Gasteiger partial charge < -0.3 is 10.2 Å². The summed E-state index contributed by atoms with van der Waals surface area (Å²) in [6, 6.07) is 8.08. The average Bonchev–Trinajstić information content (AvgIpc) is 2.53. The minimum Gasteiger partial charge on any atom is -0.352 e. The molecule has 1 N–H and O–H groups in total. The van der Waals surface area contributed by atoms with E-state index in [1.165, 1.54) is 32.1 Å². The first-order valence-electron chi connectivity index (χ1n) is 8.55. The van der Waals surface area contributed by atoms with Crippen molar-refractivity contribution in [3.05, 3.63) is 24.3 Å². The summed E-state index contributed by atoms with van der Waals surface area (Å²) in [5.41, 5.74) is 0.863. The fourth-order valence-electron chi connectivity index (χ4n) is 3.34. The molecule has 1 aliphatic carbocycles. The van der Waals surface area contributed by atoms with Crippen LogP contribution in [0.25, 0.3) is 0 Å². The number of carbonyl (C=O) groups is 2. The molecule has 1 saturated carbocycles. The molecular formula is C18H24N2O2S. The molecule has 4 nitrogen and oxygen atoms in total. The van der Waals surface area contributed by atoms with E-state index in [-0.39, 0.29) is 24.4 Å². The number of hydrogen-bond donors (Lipinski definition) is 1. The zero-order chi connectivity index (χ0) is 16.1. The third-order valence-electron chi connectivity index (χ3n) is 4.58. The van der Waals surface area contributed by atoms with Gasteiger partial charge in [-0.15, -0.1) is 11.8 Å². The first kappa shape index (κ1) is 16.4. The maximum atomic E-state index is 12.4. The summed E-state index contributed by atoms with van der Waals surface area (Å²) in [5.74, 6) is 0.389. The Morgan fingerprint density at radius 1 is 1.13 bits per heavy atom. The van der Waals surface area contributed by atoms with Crippen LogP contribution in [-0.2, 0) is 9.59 Å². The molecule has 5 heteroatoms. The highest BCUT2D eigenvalue weighted by molar-refractivity contribution is 8.00. The van der Waals surface area contributed by atoms with E-state index in [2.05, 4.69) is 5.32 Å². The van der Waals surface area contributed by atoms with E-state index < -0.39 is 0 Å². The maximum absolute atomic E-state index is 12.4. The zero-order valence-electron chi connectivity index (χ0n) is 13.4. The van der Waals surface area contributed by atoms with Crippen molar-refractivity contribution in [1.82, 2.24) is 5.32 Å². The molecule has 1 aliphatic heterocycles. The summed E-state index contributed by atoms with van der Waals surface area (Å²) in [5, 5.41) is 3.15. The number of amides is 2. The molecule has 0 unspecified atom stereocenters. The van der Waals surface area contributed by atoms with Gasteiger partial charge in [0.25, 0.3) is 0 Å². The highest BCUT2D eigenvalue weighted by Crippen LogP contribution is 2.34. The molecule has 1 aromatic rings. The summed E-state index contributed by atoms with van der Waals surface area (Å²) >= 11 is 1.55. The van der Waals surface area contributed by atoms with Crippen molar-refractivity contribution in [2.24, 2.45) is 0 Å². The van der Waals surface area contributed by atoms with Gasteiger partial charge in [0.1, 0.15) is 6.54 Å². The first-order chi connectivity index (χ1) is 11.2. The van der Waals surface area contributed by atoms with Crippen LogP contribution in [0.4, 0.5) is 5.69 Å². The average molecular weight is 332 g/mol. The lowest BCUT2D eigenvalue weighted by molar-refractivity contribution is -0.123. The van der Waals surface area contributed by atoms with Crippen molar-refractivity contribution >= 4 is 29.3 Å². The number of nitrogens with one attached hydrogen (secondary N) is 1. The minimum absolute atomic E-state index is 0.0153. The van der Waals surface area contributed by atoms with Crippen LogP contribution in [0.15, 0.2) is 29.2 Å². The summed E-state index contributed by atoms with van der Waals surface area (Å²) in [6.07, 6.45) is 8.35. The Balaban J connectivity index is 1.62. The van der Waals surface area contributed by atoms with Gasteiger partial charge in [-0.3, -0.25) is 9.59 Å². The quantitative estimate of drug-likeness (QED) is 0.923. The van der Waals surface area contributed by atoms with Gasteiger partial charge in [-0.25, -0.2) is 0 Å². The van der Waals surface area contributed by atoms with Gasteiger partial charge in [-0.05, 0) is 25.0 Å². The van der Waals surface area contributed by atoms with E-state index in [4.69, 9.17) is 0 Å². The van der Waals surface area contributed by atoms with Gasteiger partial charge in [-0.1, -0.05) is 44.2 Å². The molecule has 0 atom stereocenters. The second-order valence-corrected chi connectivity index (χ2v) is 7.36. The minimum atomic E-state index is -0.0365. The lowest BCUT2D eigenvalue weighted by atomic mass is 9.97. The van der Waals surface area contributed by atoms with Crippen LogP contribution >= 0.6 is 11.8 Å². The molecule has 3 rings (SSSR count). The second-order valence-electron chi connectivity index (χ2n) is 6.35. The molecule has 0 spiro atoms. The summed E-state index contributed by atoms with van der Waals surface area (Å²) in [6.45, 7) is 0.132. The van der Waals surface area contributed by atoms with Crippen LogP contribution in [0.1, 0.15) is 44.9 Å². The highest BCUT2D eigenvalue weighted by atomic mass is 32.2. The van der Waals surface area contributed by atoms with Crippen molar-refractivity contribution in [2.75, 3.05) is 17.2 Å². The fourth-order valence-corrected chi connectivity index (χ4v) is 4.28. The number of nitrogens with zero attached hydrogens (tertiary/aromatic N) is 1. The molecule has 0 bridgehead atoms. The van der Waals surface area contributed by atoms with Gasteiger partial charge in [0.15, 0.2) is 0 Å². The van der Waals surface area contributed by atoms with E-state index in [0.717, 1.165) is 23.4 Å². The molecule has 2 amide bonds. The summed E-state index contributed by atoms with van der Waals surface area (Å²) < 4.78 is 0. The topological polar surface area (TPSA) is 49.4 Å². The molecule has 0 saturated heterocycles. The first-order valence-corrected chi connectivity index (χ1v) is 9.54. The third-order valence-corrected chi connectivity index (χ3v) is 5.63. The van der Waals surface area contributed by atoms with E-state index in [1.54, 1.807) is 16.7 Å². The normalized spacial score (nSPS) is 19.7. The van der Waals surface area contributed by atoms with Crippen LogP contribution in [0.2, 0.25) is 0 Å². The lowest BCUT2D eigenvalue weighted by Crippen LogP contribution is -2.46. The molecule has 2 aliphatic rings. The van der Waals surface area contributed by atoms with Gasteiger partial charge in [-0.2, -0.15) is 0 Å². The SMILES string of the molecule is O=C(CN1C(=O)CSc2ccccc21)NC1CCCCCCC1. The monoisotopic (exact) mass is 332 g/mol.